The van der Waals surface area contributed by atoms with Gasteiger partial charge in [-0.2, -0.15) is 18.2 Å². The van der Waals surface area contributed by atoms with Crippen LogP contribution in [0.15, 0.2) is 41.2 Å². The minimum absolute atomic E-state index is 0.132. The van der Waals surface area contributed by atoms with Crippen molar-refractivity contribution in [2.24, 2.45) is 13.0 Å². The van der Waals surface area contributed by atoms with Gasteiger partial charge in [-0.3, -0.25) is 4.90 Å². The first kappa shape index (κ1) is 20.5. The lowest BCUT2D eigenvalue weighted by atomic mass is 9.91. The summed E-state index contributed by atoms with van der Waals surface area (Å²) in [4.78, 5) is 10.7. The molecule has 1 fully saturated rings. The number of nitrogens with zero attached hydrogens (tertiary/aromatic N) is 5. The van der Waals surface area contributed by atoms with E-state index in [0.29, 0.717) is 23.8 Å². The van der Waals surface area contributed by atoms with E-state index in [-0.39, 0.29) is 11.7 Å². The SMILES string of the molecule is Cn1ccnc1[C@H](O)C1CCN(Cc2nc(-c3ccc(C(F)(F)F)cc3)no2)CC1. The lowest BCUT2D eigenvalue weighted by molar-refractivity contribution is -0.137. The minimum Gasteiger partial charge on any atom is -0.385 e. The summed E-state index contributed by atoms with van der Waals surface area (Å²) in [7, 11) is 1.87. The summed E-state index contributed by atoms with van der Waals surface area (Å²) in [6, 6.07) is 4.68. The number of aromatic nitrogens is 4. The Hall–Kier alpha value is -2.72. The predicted molar refractivity (Wildman–Crippen MR) is 101 cm³/mol. The molecule has 1 saturated heterocycles. The molecule has 0 aliphatic carbocycles. The second-order valence-electron chi connectivity index (χ2n) is 7.54. The molecule has 7 nitrogen and oxygen atoms in total. The fraction of sp³-hybridized carbons (Fsp3) is 0.450. The maximum atomic E-state index is 12.7. The number of rotatable bonds is 5. The molecule has 3 heterocycles. The number of aliphatic hydroxyl groups excluding tert-OH is 1. The van der Waals surface area contributed by atoms with E-state index in [0.717, 1.165) is 38.1 Å². The van der Waals surface area contributed by atoms with E-state index in [4.69, 9.17) is 4.52 Å². The fourth-order valence-electron chi connectivity index (χ4n) is 3.74. The molecule has 4 rings (SSSR count). The molecule has 0 radical (unpaired) electrons. The lowest BCUT2D eigenvalue weighted by Crippen LogP contribution is -2.35. The third-order valence-corrected chi connectivity index (χ3v) is 5.50. The quantitative estimate of drug-likeness (QED) is 0.680. The van der Waals surface area contributed by atoms with Gasteiger partial charge in [0.15, 0.2) is 0 Å². The Balaban J connectivity index is 1.33. The van der Waals surface area contributed by atoms with Gasteiger partial charge in [0.25, 0.3) is 0 Å². The van der Waals surface area contributed by atoms with Crippen LogP contribution in [0.3, 0.4) is 0 Å². The lowest BCUT2D eigenvalue weighted by Gasteiger charge is -2.33. The van der Waals surface area contributed by atoms with Crippen molar-refractivity contribution in [2.75, 3.05) is 13.1 Å². The Morgan fingerprint density at radius 3 is 2.50 bits per heavy atom. The largest absolute Gasteiger partial charge is 0.416 e. The van der Waals surface area contributed by atoms with Crippen LogP contribution in [0.2, 0.25) is 0 Å². The van der Waals surface area contributed by atoms with E-state index in [9.17, 15) is 18.3 Å². The van der Waals surface area contributed by atoms with Crippen molar-refractivity contribution in [3.8, 4) is 11.4 Å². The maximum absolute atomic E-state index is 12.7. The molecule has 1 aromatic carbocycles. The van der Waals surface area contributed by atoms with Crippen LogP contribution < -0.4 is 0 Å². The number of aryl methyl sites for hydroxylation is 1. The van der Waals surface area contributed by atoms with Crippen LogP contribution >= 0.6 is 0 Å². The van der Waals surface area contributed by atoms with E-state index >= 15 is 0 Å². The van der Waals surface area contributed by atoms with Gasteiger partial charge < -0.3 is 14.2 Å². The highest BCUT2D eigenvalue weighted by molar-refractivity contribution is 5.54. The average molecular weight is 421 g/mol. The number of aliphatic hydroxyl groups is 1. The second-order valence-corrected chi connectivity index (χ2v) is 7.54. The van der Waals surface area contributed by atoms with E-state index in [1.54, 1.807) is 6.20 Å². The van der Waals surface area contributed by atoms with Gasteiger partial charge in [0.2, 0.25) is 11.7 Å². The standard InChI is InChI=1S/C20H22F3N5O2/c1-27-11-8-24-19(27)17(29)13-6-9-28(10-7-13)12-16-25-18(26-30-16)14-2-4-15(5-3-14)20(21,22)23/h2-5,8,11,13,17,29H,6-7,9-10,12H2,1H3/t17-/m1/s1. The topological polar surface area (TPSA) is 80.2 Å². The van der Waals surface area contributed by atoms with E-state index in [2.05, 4.69) is 20.0 Å². The molecule has 10 heteroatoms. The zero-order chi connectivity index (χ0) is 21.3. The van der Waals surface area contributed by atoms with Gasteiger partial charge in [0, 0.05) is 25.0 Å². The van der Waals surface area contributed by atoms with Gasteiger partial charge in [-0.15, -0.1) is 0 Å². The molecule has 1 N–H and O–H groups in total. The van der Waals surface area contributed by atoms with E-state index in [1.165, 1.54) is 12.1 Å². The number of piperidine rings is 1. The van der Waals surface area contributed by atoms with Crippen molar-refractivity contribution in [3.05, 3.63) is 53.9 Å². The number of likely N-dealkylation sites (tertiary alicyclic amines) is 1. The number of benzene rings is 1. The molecule has 1 aliphatic rings. The van der Waals surface area contributed by atoms with E-state index < -0.39 is 17.8 Å². The highest BCUT2D eigenvalue weighted by atomic mass is 19.4. The molecule has 0 unspecified atom stereocenters. The van der Waals surface area contributed by atoms with Crippen LogP contribution in [0, 0.1) is 5.92 Å². The molecule has 2 aromatic heterocycles. The molecular formula is C20H22F3N5O2. The van der Waals surface area contributed by atoms with Crippen molar-refractivity contribution in [1.82, 2.24) is 24.6 Å². The fourth-order valence-corrected chi connectivity index (χ4v) is 3.74. The Morgan fingerprint density at radius 2 is 1.90 bits per heavy atom. The zero-order valence-corrected chi connectivity index (χ0v) is 16.4. The minimum atomic E-state index is -4.38. The summed E-state index contributed by atoms with van der Waals surface area (Å²) in [5, 5.41) is 14.5. The van der Waals surface area contributed by atoms with Gasteiger partial charge in [0.05, 0.1) is 12.1 Å². The Bertz CT molecular complexity index is 975. The number of hydrogen-bond acceptors (Lipinski definition) is 6. The van der Waals surface area contributed by atoms with E-state index in [1.807, 2.05) is 17.8 Å². The predicted octanol–water partition coefficient (Wildman–Crippen LogP) is 3.43. The highest BCUT2D eigenvalue weighted by Crippen LogP contribution is 2.31. The van der Waals surface area contributed by atoms with Crippen LogP contribution in [0.25, 0.3) is 11.4 Å². The van der Waals surface area contributed by atoms with Gasteiger partial charge >= 0.3 is 6.18 Å². The summed E-state index contributed by atoms with van der Waals surface area (Å²) < 4.78 is 45.2. The molecule has 1 aliphatic heterocycles. The Kier molecular flexibility index (Phi) is 5.61. The monoisotopic (exact) mass is 421 g/mol. The molecule has 0 spiro atoms. The number of hydrogen-bond donors (Lipinski definition) is 1. The normalized spacial score (nSPS) is 17.4. The van der Waals surface area contributed by atoms with Gasteiger partial charge in [0.1, 0.15) is 11.9 Å². The van der Waals surface area contributed by atoms with Gasteiger partial charge in [-0.1, -0.05) is 17.3 Å². The summed E-state index contributed by atoms with van der Waals surface area (Å²) in [6.45, 7) is 1.99. The van der Waals surface area contributed by atoms with Crippen LogP contribution in [-0.4, -0.2) is 42.8 Å². The van der Waals surface area contributed by atoms with Crippen molar-refractivity contribution in [2.45, 2.75) is 31.7 Å². The summed E-state index contributed by atoms with van der Waals surface area (Å²) >= 11 is 0. The number of imidazole rings is 1. The molecule has 3 aromatic rings. The van der Waals surface area contributed by atoms with Crippen molar-refractivity contribution in [3.63, 3.8) is 0 Å². The third-order valence-electron chi connectivity index (χ3n) is 5.50. The molecule has 0 bridgehead atoms. The smallest absolute Gasteiger partial charge is 0.385 e. The van der Waals surface area contributed by atoms with Gasteiger partial charge in [-0.05, 0) is 44.0 Å². The highest BCUT2D eigenvalue weighted by Gasteiger charge is 2.31. The number of halogens is 3. The second kappa shape index (κ2) is 8.19. The molecule has 160 valence electrons. The number of alkyl halides is 3. The molecule has 1 atom stereocenters. The average Bonchev–Trinajstić information content (AvgIpc) is 3.36. The van der Waals surface area contributed by atoms with Crippen LogP contribution in [-0.2, 0) is 19.8 Å². The van der Waals surface area contributed by atoms with Crippen LogP contribution in [0.4, 0.5) is 13.2 Å². The molecule has 0 amide bonds. The van der Waals surface area contributed by atoms with Gasteiger partial charge in [-0.25, -0.2) is 4.98 Å². The molecular weight excluding hydrogens is 399 g/mol. The van der Waals surface area contributed by atoms with Crippen LogP contribution in [0.5, 0.6) is 0 Å². The van der Waals surface area contributed by atoms with Crippen molar-refractivity contribution in [1.29, 1.82) is 0 Å². The summed E-state index contributed by atoms with van der Waals surface area (Å²) in [5.74, 6) is 1.48. The molecule has 30 heavy (non-hydrogen) atoms. The first-order valence-electron chi connectivity index (χ1n) is 9.69. The Morgan fingerprint density at radius 1 is 1.20 bits per heavy atom. The first-order chi connectivity index (χ1) is 14.3. The van der Waals surface area contributed by atoms with Crippen molar-refractivity contribution < 1.29 is 22.8 Å². The Labute approximate surface area is 171 Å². The summed E-state index contributed by atoms with van der Waals surface area (Å²) in [5.41, 5.74) is -0.250. The summed E-state index contributed by atoms with van der Waals surface area (Å²) in [6.07, 6.45) is 0.148. The first-order valence-corrected chi connectivity index (χ1v) is 9.69. The van der Waals surface area contributed by atoms with Crippen LogP contribution in [0.1, 0.15) is 36.2 Å². The maximum Gasteiger partial charge on any atom is 0.416 e. The van der Waals surface area contributed by atoms with Crippen molar-refractivity contribution >= 4 is 0 Å². The molecule has 0 saturated carbocycles. The zero-order valence-electron chi connectivity index (χ0n) is 16.4. The third kappa shape index (κ3) is 4.39.